The fraction of sp³-hybridized carbons (Fsp3) is 0.0938. The summed E-state index contributed by atoms with van der Waals surface area (Å²) in [6.45, 7) is 3.03. The van der Waals surface area contributed by atoms with Crippen molar-refractivity contribution < 1.29 is 0 Å². The van der Waals surface area contributed by atoms with E-state index in [1.807, 2.05) is 78.9 Å². The molecule has 0 radical (unpaired) electrons. The molecule has 0 amide bonds. The van der Waals surface area contributed by atoms with E-state index in [0.717, 1.165) is 39.1 Å². The third-order valence-corrected chi connectivity index (χ3v) is 5.97. The molecule has 3 heteroatoms. The Labute approximate surface area is 208 Å². The van der Waals surface area contributed by atoms with Gasteiger partial charge in [-0.2, -0.15) is 0 Å². The maximum absolute atomic E-state index is 6.62. The van der Waals surface area contributed by atoms with E-state index in [1.165, 1.54) is 5.56 Å². The highest BCUT2D eigenvalue weighted by Crippen LogP contribution is 2.30. The molecule has 0 heterocycles. The number of aryl methyl sites for hydroxylation is 1. The highest BCUT2D eigenvalue weighted by Gasteiger charge is 2.17. The fourth-order valence-electron chi connectivity index (χ4n) is 4.16. The molecule has 4 rings (SSSR count). The number of nitrogens with two attached hydrogens (primary N) is 2. The molecule has 3 nitrogen and oxygen atoms in total. The lowest BCUT2D eigenvalue weighted by atomic mass is 9.88. The summed E-state index contributed by atoms with van der Waals surface area (Å²) in [6.07, 6.45) is 1.98. The molecule has 0 bridgehead atoms. The van der Waals surface area contributed by atoms with Gasteiger partial charge in [0, 0.05) is 17.8 Å². The maximum atomic E-state index is 6.62. The molecule has 0 aliphatic heterocycles. The van der Waals surface area contributed by atoms with Gasteiger partial charge in [0.2, 0.25) is 0 Å². The van der Waals surface area contributed by atoms with Gasteiger partial charge in [-0.1, -0.05) is 115 Å². The molecule has 4 aromatic carbocycles. The van der Waals surface area contributed by atoms with E-state index in [1.54, 1.807) is 0 Å². The van der Waals surface area contributed by atoms with Crippen LogP contribution in [0.5, 0.6) is 0 Å². The van der Waals surface area contributed by atoms with Crippen molar-refractivity contribution in [2.24, 2.45) is 16.5 Å². The maximum Gasteiger partial charge on any atom is 0.0680 e. The predicted molar refractivity (Wildman–Crippen MR) is 150 cm³/mol. The summed E-state index contributed by atoms with van der Waals surface area (Å²) in [6, 6.07) is 38.9. The van der Waals surface area contributed by atoms with Gasteiger partial charge in [-0.3, -0.25) is 4.99 Å². The average Bonchev–Trinajstić information content (AvgIpc) is 2.92. The first kappa shape index (κ1) is 23.9. The summed E-state index contributed by atoms with van der Waals surface area (Å²) in [5, 5.41) is 0. The minimum Gasteiger partial charge on any atom is -0.398 e. The Bertz CT molecular complexity index is 1340. The first-order chi connectivity index (χ1) is 17.2. The van der Waals surface area contributed by atoms with Crippen LogP contribution in [0.3, 0.4) is 0 Å². The van der Waals surface area contributed by atoms with Gasteiger partial charge in [0.15, 0.2) is 0 Å². The molecule has 4 aromatic rings. The highest BCUT2D eigenvalue weighted by atomic mass is 14.7. The first-order valence-corrected chi connectivity index (χ1v) is 11.8. The zero-order valence-electron chi connectivity index (χ0n) is 20.1. The number of hydrogen-bond acceptors (Lipinski definition) is 3. The number of benzene rings is 4. The molecule has 0 atom stereocenters. The lowest BCUT2D eigenvalue weighted by molar-refractivity contribution is 1.07. The van der Waals surface area contributed by atoms with Gasteiger partial charge in [0.1, 0.15) is 0 Å². The zero-order chi connectivity index (χ0) is 24.5. The molecule has 174 valence electrons. The summed E-state index contributed by atoms with van der Waals surface area (Å²) >= 11 is 0. The Morgan fingerprint density at radius 3 is 1.86 bits per heavy atom. The fourth-order valence-corrected chi connectivity index (χ4v) is 4.16. The zero-order valence-corrected chi connectivity index (χ0v) is 20.1. The molecule has 0 aliphatic rings. The number of hydrogen-bond donors (Lipinski definition) is 2. The minimum absolute atomic E-state index is 0.374. The molecule has 0 aliphatic carbocycles. The van der Waals surface area contributed by atoms with Crippen molar-refractivity contribution in [3.8, 4) is 0 Å². The second-order valence-corrected chi connectivity index (χ2v) is 8.39. The Balaban J connectivity index is 1.96. The van der Waals surface area contributed by atoms with Gasteiger partial charge in [-0.15, -0.1) is 0 Å². The average molecular weight is 458 g/mol. The van der Waals surface area contributed by atoms with E-state index in [-0.39, 0.29) is 0 Å². The van der Waals surface area contributed by atoms with Crippen molar-refractivity contribution in [1.29, 1.82) is 0 Å². The van der Waals surface area contributed by atoms with Crippen molar-refractivity contribution >= 4 is 22.6 Å². The lowest BCUT2D eigenvalue weighted by Crippen LogP contribution is -2.13. The monoisotopic (exact) mass is 457 g/mol. The smallest absolute Gasteiger partial charge is 0.0680 e. The number of nitrogens with zero attached hydrogens (tertiary/aromatic N) is 1. The molecule has 0 spiro atoms. The normalized spacial score (nSPS) is 12.9. The van der Waals surface area contributed by atoms with Crippen LogP contribution in [0, 0.1) is 6.92 Å². The topological polar surface area (TPSA) is 64.4 Å². The Kier molecular flexibility index (Phi) is 8.05. The highest BCUT2D eigenvalue weighted by molar-refractivity contribution is 6.36. The quantitative estimate of drug-likeness (QED) is 0.234. The summed E-state index contributed by atoms with van der Waals surface area (Å²) in [5.74, 6) is 0. The van der Waals surface area contributed by atoms with Crippen LogP contribution in [-0.4, -0.2) is 12.3 Å². The van der Waals surface area contributed by atoms with Gasteiger partial charge >= 0.3 is 0 Å². The van der Waals surface area contributed by atoms with Crippen LogP contribution in [0.25, 0.3) is 16.8 Å². The molecule has 35 heavy (non-hydrogen) atoms. The van der Waals surface area contributed by atoms with Crippen LogP contribution in [0.4, 0.5) is 0 Å². The van der Waals surface area contributed by atoms with Crippen LogP contribution >= 0.6 is 0 Å². The van der Waals surface area contributed by atoms with Crippen molar-refractivity contribution in [3.05, 3.63) is 149 Å². The number of rotatable bonds is 8. The number of aliphatic imine (C=N–C) groups is 1. The van der Waals surface area contributed by atoms with E-state index in [4.69, 9.17) is 16.5 Å². The van der Waals surface area contributed by atoms with Crippen LogP contribution in [-0.2, 0) is 6.54 Å². The van der Waals surface area contributed by atoms with Crippen LogP contribution < -0.4 is 11.5 Å². The van der Waals surface area contributed by atoms with Gasteiger partial charge in [0.05, 0.1) is 12.3 Å². The summed E-state index contributed by atoms with van der Waals surface area (Å²) in [5.41, 5.74) is 22.0. The van der Waals surface area contributed by atoms with E-state index < -0.39 is 0 Å². The lowest BCUT2D eigenvalue weighted by Gasteiger charge is -2.18. The molecule has 0 saturated carbocycles. The largest absolute Gasteiger partial charge is 0.398 e. The van der Waals surface area contributed by atoms with Crippen LogP contribution in [0.15, 0.2) is 126 Å². The van der Waals surface area contributed by atoms with E-state index >= 15 is 0 Å². The van der Waals surface area contributed by atoms with Gasteiger partial charge < -0.3 is 11.5 Å². The Morgan fingerprint density at radius 1 is 0.714 bits per heavy atom. The molecule has 4 N–H and O–H groups in total. The van der Waals surface area contributed by atoms with E-state index in [2.05, 4.69) is 49.4 Å². The Morgan fingerprint density at radius 2 is 1.26 bits per heavy atom. The third kappa shape index (κ3) is 6.03. The summed E-state index contributed by atoms with van der Waals surface area (Å²) in [7, 11) is 0. The van der Waals surface area contributed by atoms with Crippen molar-refractivity contribution in [2.75, 3.05) is 6.54 Å². The Hall–Kier alpha value is -4.21. The van der Waals surface area contributed by atoms with Crippen LogP contribution in [0.1, 0.15) is 27.8 Å². The van der Waals surface area contributed by atoms with Crippen molar-refractivity contribution in [2.45, 2.75) is 13.5 Å². The molecule has 0 fully saturated rings. The minimum atomic E-state index is 0.374. The third-order valence-electron chi connectivity index (χ3n) is 5.97. The van der Waals surface area contributed by atoms with E-state index in [0.29, 0.717) is 18.8 Å². The van der Waals surface area contributed by atoms with Crippen LogP contribution in [0.2, 0.25) is 0 Å². The van der Waals surface area contributed by atoms with Crippen molar-refractivity contribution in [1.82, 2.24) is 0 Å². The molecule has 0 aromatic heterocycles. The SMILES string of the molecule is Cc1ccccc1/C(CN)=C(C(/C=C(\N)c1ccccc1)=N/Cc1ccccc1)\c1ccccc1. The second-order valence-electron chi connectivity index (χ2n) is 8.39. The van der Waals surface area contributed by atoms with Gasteiger partial charge in [-0.25, -0.2) is 0 Å². The molecular formula is C32H31N3. The summed E-state index contributed by atoms with van der Waals surface area (Å²) in [4.78, 5) is 5.11. The van der Waals surface area contributed by atoms with Gasteiger partial charge in [0.25, 0.3) is 0 Å². The number of allylic oxidation sites excluding steroid dienone is 2. The molecule has 0 saturated heterocycles. The predicted octanol–water partition coefficient (Wildman–Crippen LogP) is 6.51. The molecular weight excluding hydrogens is 426 g/mol. The first-order valence-electron chi connectivity index (χ1n) is 11.8. The molecule has 0 unspecified atom stereocenters. The summed E-state index contributed by atoms with van der Waals surface area (Å²) < 4.78 is 0. The standard InChI is InChI=1S/C32H31N3/c1-24-13-11-12-20-28(24)29(22-33)32(27-18-9-4-10-19-27)31(35-23-25-14-5-2-6-15-25)21-30(34)26-16-7-3-8-17-26/h2-21H,22-23,33-34H2,1H3/b30-21-,32-29+,35-31+. The van der Waals surface area contributed by atoms with Crippen molar-refractivity contribution in [3.63, 3.8) is 0 Å². The van der Waals surface area contributed by atoms with Gasteiger partial charge in [-0.05, 0) is 46.4 Å². The van der Waals surface area contributed by atoms with E-state index in [9.17, 15) is 0 Å². The second kappa shape index (κ2) is 11.8.